The van der Waals surface area contributed by atoms with Crippen LogP contribution < -0.4 is 5.32 Å². The number of hydrogen-bond donors (Lipinski definition) is 2. The molecule has 0 aromatic carbocycles. The van der Waals surface area contributed by atoms with E-state index in [9.17, 15) is 9.59 Å². The highest BCUT2D eigenvalue weighted by atomic mass is 16.4. The molecular formula is C14H17N3O3. The van der Waals surface area contributed by atoms with Crippen LogP contribution in [0.1, 0.15) is 59.5 Å². The molecule has 2 fully saturated rings. The smallest absolute Gasteiger partial charge is 0.356 e. The standard InChI is InChI=1S/C14H17N3O3/c18-12(9-7-16-10(8-15-9)13(19)20)17-11-6-14(11)4-2-1-3-5-14/h7-8,11H,1-6H2,(H,17,18)(H,19,20). The number of nitrogens with one attached hydrogen (secondary N) is 1. The maximum absolute atomic E-state index is 12.0. The van der Waals surface area contributed by atoms with Crippen molar-refractivity contribution >= 4 is 11.9 Å². The molecule has 0 radical (unpaired) electrons. The highest BCUT2D eigenvalue weighted by Gasteiger charge is 2.54. The zero-order valence-electron chi connectivity index (χ0n) is 11.1. The second-order valence-electron chi connectivity index (χ2n) is 5.75. The maximum atomic E-state index is 12.0. The van der Waals surface area contributed by atoms with Gasteiger partial charge in [-0.2, -0.15) is 0 Å². The van der Waals surface area contributed by atoms with Crippen LogP contribution in [-0.2, 0) is 0 Å². The molecule has 1 spiro atoms. The van der Waals surface area contributed by atoms with Gasteiger partial charge in [-0.05, 0) is 24.7 Å². The van der Waals surface area contributed by atoms with Gasteiger partial charge >= 0.3 is 5.97 Å². The van der Waals surface area contributed by atoms with E-state index >= 15 is 0 Å². The molecule has 0 bridgehead atoms. The van der Waals surface area contributed by atoms with Crippen molar-refractivity contribution in [2.24, 2.45) is 5.41 Å². The maximum Gasteiger partial charge on any atom is 0.356 e. The van der Waals surface area contributed by atoms with E-state index in [4.69, 9.17) is 5.11 Å². The number of aromatic nitrogens is 2. The summed E-state index contributed by atoms with van der Waals surface area (Å²) in [5, 5.41) is 11.7. The van der Waals surface area contributed by atoms with Gasteiger partial charge in [0.15, 0.2) is 5.69 Å². The summed E-state index contributed by atoms with van der Waals surface area (Å²) in [7, 11) is 0. The molecule has 1 atom stereocenters. The lowest BCUT2D eigenvalue weighted by atomic mass is 9.86. The van der Waals surface area contributed by atoms with Crippen LogP contribution in [0, 0.1) is 5.41 Å². The first kappa shape index (κ1) is 13.0. The van der Waals surface area contributed by atoms with Crippen LogP contribution in [-0.4, -0.2) is 33.0 Å². The van der Waals surface area contributed by atoms with Gasteiger partial charge in [-0.15, -0.1) is 0 Å². The van der Waals surface area contributed by atoms with Gasteiger partial charge in [-0.25, -0.2) is 14.8 Å². The molecular weight excluding hydrogens is 258 g/mol. The SMILES string of the molecule is O=C(O)c1cnc(C(=O)NC2CC23CCCCC3)cn1. The highest BCUT2D eigenvalue weighted by Crippen LogP contribution is 2.56. The van der Waals surface area contributed by atoms with Gasteiger partial charge < -0.3 is 10.4 Å². The van der Waals surface area contributed by atoms with Gasteiger partial charge in [0, 0.05) is 6.04 Å². The molecule has 20 heavy (non-hydrogen) atoms. The predicted molar refractivity (Wildman–Crippen MR) is 70.4 cm³/mol. The van der Waals surface area contributed by atoms with Gasteiger partial charge in [-0.1, -0.05) is 19.3 Å². The number of nitrogens with zero attached hydrogens (tertiary/aromatic N) is 2. The van der Waals surface area contributed by atoms with E-state index in [1.807, 2.05) is 0 Å². The zero-order valence-corrected chi connectivity index (χ0v) is 11.1. The summed E-state index contributed by atoms with van der Waals surface area (Å²) in [4.78, 5) is 30.3. The van der Waals surface area contributed by atoms with Crippen LogP contribution in [0.25, 0.3) is 0 Å². The van der Waals surface area contributed by atoms with Crippen LogP contribution in [0.2, 0.25) is 0 Å². The lowest BCUT2D eigenvalue weighted by molar-refractivity contribution is 0.0689. The predicted octanol–water partition coefficient (Wildman–Crippen LogP) is 1.63. The quantitative estimate of drug-likeness (QED) is 0.874. The van der Waals surface area contributed by atoms with Crippen molar-refractivity contribution in [3.05, 3.63) is 23.8 Å². The number of hydrogen-bond acceptors (Lipinski definition) is 4. The van der Waals surface area contributed by atoms with E-state index in [2.05, 4.69) is 15.3 Å². The fraction of sp³-hybridized carbons (Fsp3) is 0.571. The Balaban J connectivity index is 1.61. The number of aromatic carboxylic acids is 1. The molecule has 6 nitrogen and oxygen atoms in total. The summed E-state index contributed by atoms with van der Waals surface area (Å²) in [6.07, 6.45) is 9.57. The molecule has 2 saturated carbocycles. The van der Waals surface area contributed by atoms with Gasteiger partial charge in [0.1, 0.15) is 5.69 Å². The molecule has 106 valence electrons. The number of carboxylic acids is 1. The molecule has 3 rings (SSSR count). The Morgan fingerprint density at radius 3 is 2.40 bits per heavy atom. The first-order valence-electron chi connectivity index (χ1n) is 6.97. The Bertz CT molecular complexity index is 535. The van der Waals surface area contributed by atoms with E-state index in [0.29, 0.717) is 5.41 Å². The first-order chi connectivity index (χ1) is 9.61. The number of carbonyl (C=O) groups is 2. The van der Waals surface area contributed by atoms with Gasteiger partial charge in [0.2, 0.25) is 0 Å². The average Bonchev–Trinajstić information content (AvgIpc) is 3.11. The molecule has 1 aromatic rings. The number of amides is 1. The van der Waals surface area contributed by atoms with E-state index in [1.165, 1.54) is 38.3 Å². The Morgan fingerprint density at radius 2 is 1.80 bits per heavy atom. The molecule has 0 saturated heterocycles. The molecule has 2 aliphatic rings. The molecule has 1 amide bonds. The minimum absolute atomic E-state index is 0.156. The van der Waals surface area contributed by atoms with Crippen molar-refractivity contribution in [3.8, 4) is 0 Å². The monoisotopic (exact) mass is 275 g/mol. The molecule has 0 aliphatic heterocycles. The van der Waals surface area contributed by atoms with Crippen molar-refractivity contribution in [2.75, 3.05) is 0 Å². The summed E-state index contributed by atoms with van der Waals surface area (Å²) >= 11 is 0. The molecule has 1 unspecified atom stereocenters. The van der Waals surface area contributed by atoms with Crippen LogP contribution in [0.5, 0.6) is 0 Å². The third-order valence-corrected chi connectivity index (χ3v) is 4.45. The van der Waals surface area contributed by atoms with Gasteiger partial charge in [-0.3, -0.25) is 4.79 Å². The normalized spacial score (nSPS) is 23.3. The van der Waals surface area contributed by atoms with Gasteiger partial charge in [0.25, 0.3) is 5.91 Å². The van der Waals surface area contributed by atoms with Crippen molar-refractivity contribution < 1.29 is 14.7 Å². The number of carbonyl (C=O) groups excluding carboxylic acids is 1. The molecule has 1 aromatic heterocycles. The Kier molecular flexibility index (Phi) is 3.16. The van der Waals surface area contributed by atoms with E-state index in [0.717, 1.165) is 12.6 Å². The van der Waals surface area contributed by atoms with Crippen molar-refractivity contribution in [2.45, 2.75) is 44.6 Å². The van der Waals surface area contributed by atoms with Crippen LogP contribution >= 0.6 is 0 Å². The van der Waals surface area contributed by atoms with E-state index in [1.54, 1.807) is 0 Å². The summed E-state index contributed by atoms with van der Waals surface area (Å²) < 4.78 is 0. The van der Waals surface area contributed by atoms with Crippen LogP contribution in [0.4, 0.5) is 0 Å². The largest absolute Gasteiger partial charge is 0.476 e. The van der Waals surface area contributed by atoms with Gasteiger partial charge in [0.05, 0.1) is 12.4 Å². The van der Waals surface area contributed by atoms with Crippen LogP contribution in [0.15, 0.2) is 12.4 Å². The Labute approximate surface area is 116 Å². The topological polar surface area (TPSA) is 92.2 Å². The lowest BCUT2D eigenvalue weighted by Crippen LogP contribution is -2.31. The number of rotatable bonds is 3. The summed E-state index contributed by atoms with van der Waals surface area (Å²) in [5.41, 5.74) is 0.340. The third kappa shape index (κ3) is 2.37. The summed E-state index contributed by atoms with van der Waals surface area (Å²) in [5.74, 6) is -1.41. The molecule has 6 heteroatoms. The summed E-state index contributed by atoms with van der Waals surface area (Å²) in [6.45, 7) is 0. The molecule has 2 N–H and O–H groups in total. The van der Waals surface area contributed by atoms with Crippen molar-refractivity contribution in [1.82, 2.24) is 15.3 Å². The lowest BCUT2D eigenvalue weighted by Gasteiger charge is -2.22. The van der Waals surface area contributed by atoms with E-state index < -0.39 is 5.97 Å². The Hall–Kier alpha value is -1.98. The zero-order chi connectivity index (χ0) is 14.2. The van der Waals surface area contributed by atoms with Crippen LogP contribution in [0.3, 0.4) is 0 Å². The second-order valence-corrected chi connectivity index (χ2v) is 5.75. The van der Waals surface area contributed by atoms with E-state index in [-0.39, 0.29) is 23.3 Å². The third-order valence-electron chi connectivity index (χ3n) is 4.45. The minimum Gasteiger partial charge on any atom is -0.476 e. The van der Waals surface area contributed by atoms with Crippen molar-refractivity contribution in [3.63, 3.8) is 0 Å². The molecule has 1 heterocycles. The summed E-state index contributed by atoms with van der Waals surface area (Å²) in [6, 6.07) is 0.247. The fourth-order valence-corrected chi connectivity index (χ4v) is 3.15. The molecule has 2 aliphatic carbocycles. The fourth-order valence-electron chi connectivity index (χ4n) is 3.15. The minimum atomic E-state index is -1.15. The average molecular weight is 275 g/mol. The number of carboxylic acid groups (broad SMARTS) is 1. The Morgan fingerprint density at radius 1 is 1.15 bits per heavy atom. The van der Waals surface area contributed by atoms with Crippen molar-refractivity contribution in [1.29, 1.82) is 0 Å². The highest BCUT2D eigenvalue weighted by molar-refractivity contribution is 5.93. The second kappa shape index (κ2) is 4.85. The first-order valence-corrected chi connectivity index (χ1v) is 6.97.